The molecule has 2 heterocycles. The zero-order valence-electron chi connectivity index (χ0n) is 16.2. The van der Waals surface area contributed by atoms with E-state index in [-0.39, 0.29) is 17.9 Å². The van der Waals surface area contributed by atoms with E-state index in [2.05, 4.69) is 36.3 Å². The Labute approximate surface area is 163 Å². The Morgan fingerprint density at radius 3 is 2.86 bits per heavy atom. The van der Waals surface area contributed by atoms with Crippen LogP contribution in [0.5, 0.6) is 11.5 Å². The maximum atomic E-state index is 12.4. The first kappa shape index (κ1) is 18.1. The van der Waals surface area contributed by atoms with Crippen molar-refractivity contribution >= 4 is 23.0 Å². The molecule has 0 fully saturated rings. The number of ether oxygens (including phenoxy) is 2. The van der Waals surface area contributed by atoms with Crippen molar-refractivity contribution in [3.63, 3.8) is 0 Å². The molecule has 1 amide bonds. The first-order chi connectivity index (χ1) is 13.4. The molecule has 6 nitrogen and oxygen atoms in total. The lowest BCUT2D eigenvalue weighted by Crippen LogP contribution is -2.42. The Hall–Kier alpha value is -3.28. The highest BCUT2D eigenvalue weighted by atomic mass is 16.6. The normalized spacial score (nSPS) is 16.5. The van der Waals surface area contributed by atoms with E-state index in [1.807, 2.05) is 48.7 Å². The van der Waals surface area contributed by atoms with E-state index in [4.69, 9.17) is 9.47 Å². The Balaban J connectivity index is 1.43. The number of rotatable bonds is 3. The van der Waals surface area contributed by atoms with Crippen LogP contribution in [0, 0.1) is 0 Å². The van der Waals surface area contributed by atoms with Crippen molar-refractivity contribution in [3.8, 4) is 11.5 Å². The number of fused-ring (bicyclic) bond motifs is 2. The third kappa shape index (κ3) is 3.58. The number of para-hydroxylation sites is 1. The summed E-state index contributed by atoms with van der Waals surface area (Å²) in [5.74, 6) is 0.890. The van der Waals surface area contributed by atoms with Crippen LogP contribution in [-0.2, 0) is 10.2 Å². The van der Waals surface area contributed by atoms with Crippen LogP contribution in [0.4, 0.5) is 0 Å². The van der Waals surface area contributed by atoms with Crippen LogP contribution in [-0.4, -0.2) is 29.8 Å². The molecule has 0 unspecified atom stereocenters. The van der Waals surface area contributed by atoms with Gasteiger partial charge in [-0.2, -0.15) is 5.10 Å². The summed E-state index contributed by atoms with van der Waals surface area (Å²) in [7, 11) is 0. The van der Waals surface area contributed by atoms with Gasteiger partial charge in [0.05, 0.1) is 6.21 Å². The summed E-state index contributed by atoms with van der Waals surface area (Å²) >= 11 is 0. The van der Waals surface area contributed by atoms with E-state index in [1.165, 1.54) is 0 Å². The van der Waals surface area contributed by atoms with E-state index in [0.29, 0.717) is 11.5 Å². The number of nitrogens with one attached hydrogen (secondary N) is 2. The Morgan fingerprint density at radius 1 is 1.21 bits per heavy atom. The van der Waals surface area contributed by atoms with Crippen molar-refractivity contribution in [2.75, 3.05) is 6.61 Å². The van der Waals surface area contributed by atoms with E-state index in [0.717, 1.165) is 22.0 Å². The average molecular weight is 377 g/mol. The first-order valence-electron chi connectivity index (χ1n) is 9.25. The second kappa shape index (κ2) is 7.03. The van der Waals surface area contributed by atoms with Gasteiger partial charge in [-0.15, -0.1) is 0 Å². The molecular formula is C22H23N3O3. The fourth-order valence-electron chi connectivity index (χ4n) is 3.11. The SMILES string of the molecule is CC(C)(C)c1ccc2c(c1)O[C@@H](C(=O)N/N=C/c1c[nH]c3ccccc13)CO2. The number of nitrogens with zero attached hydrogens (tertiary/aromatic N) is 1. The number of aromatic amines is 1. The summed E-state index contributed by atoms with van der Waals surface area (Å²) in [6.45, 7) is 6.53. The topological polar surface area (TPSA) is 75.7 Å². The molecule has 0 radical (unpaired) electrons. The molecule has 4 rings (SSSR count). The summed E-state index contributed by atoms with van der Waals surface area (Å²) in [6, 6.07) is 13.8. The Bertz CT molecular complexity index is 1050. The smallest absolute Gasteiger partial charge is 0.284 e. The van der Waals surface area contributed by atoms with Crippen molar-refractivity contribution in [2.45, 2.75) is 32.3 Å². The third-order valence-electron chi connectivity index (χ3n) is 4.76. The Morgan fingerprint density at radius 2 is 2.04 bits per heavy atom. The molecule has 2 N–H and O–H groups in total. The molecule has 0 bridgehead atoms. The van der Waals surface area contributed by atoms with Crippen molar-refractivity contribution in [1.29, 1.82) is 0 Å². The van der Waals surface area contributed by atoms with Crippen LogP contribution in [0.1, 0.15) is 31.9 Å². The monoisotopic (exact) mass is 377 g/mol. The van der Waals surface area contributed by atoms with Gasteiger partial charge >= 0.3 is 0 Å². The number of carbonyl (C=O) groups is 1. The van der Waals surface area contributed by atoms with Crippen molar-refractivity contribution < 1.29 is 14.3 Å². The number of benzene rings is 2. The molecule has 1 aliphatic rings. The minimum absolute atomic E-state index is 0.0166. The van der Waals surface area contributed by atoms with Gasteiger partial charge in [0.15, 0.2) is 11.5 Å². The lowest BCUT2D eigenvalue weighted by Gasteiger charge is -2.27. The average Bonchev–Trinajstić information content (AvgIpc) is 3.09. The van der Waals surface area contributed by atoms with Gasteiger partial charge < -0.3 is 14.5 Å². The first-order valence-corrected chi connectivity index (χ1v) is 9.25. The van der Waals surface area contributed by atoms with Gasteiger partial charge in [0.25, 0.3) is 5.91 Å². The highest BCUT2D eigenvalue weighted by molar-refractivity contribution is 5.99. The molecular weight excluding hydrogens is 354 g/mol. The van der Waals surface area contributed by atoms with Gasteiger partial charge in [0.2, 0.25) is 6.10 Å². The van der Waals surface area contributed by atoms with E-state index < -0.39 is 6.10 Å². The van der Waals surface area contributed by atoms with Gasteiger partial charge in [-0.3, -0.25) is 4.79 Å². The number of amides is 1. The predicted octanol–water partition coefficient (Wildman–Crippen LogP) is 3.76. The number of hydrazone groups is 1. The van der Waals surface area contributed by atoms with Crippen LogP contribution in [0.3, 0.4) is 0 Å². The molecule has 3 aromatic rings. The molecule has 6 heteroatoms. The lowest BCUT2D eigenvalue weighted by atomic mass is 9.87. The van der Waals surface area contributed by atoms with Gasteiger partial charge in [-0.05, 0) is 29.2 Å². The molecule has 1 aliphatic heterocycles. The number of hydrogen-bond acceptors (Lipinski definition) is 4. The zero-order chi connectivity index (χ0) is 19.7. The number of hydrogen-bond donors (Lipinski definition) is 2. The standard InChI is InChI=1S/C22H23N3O3/c1-22(2,3)15-8-9-18-19(10-15)28-20(13-27-18)21(26)25-24-12-14-11-23-17-7-5-4-6-16(14)17/h4-12,20,23H,13H2,1-3H3,(H,25,26)/b24-12+/t20-/m1/s1. The van der Waals surface area contributed by atoms with Crippen LogP contribution >= 0.6 is 0 Å². The molecule has 0 aliphatic carbocycles. The highest BCUT2D eigenvalue weighted by Crippen LogP contribution is 2.36. The molecule has 0 spiro atoms. The number of carbonyl (C=O) groups excluding carboxylic acids is 1. The summed E-state index contributed by atoms with van der Waals surface area (Å²) in [6.07, 6.45) is 2.72. The van der Waals surface area contributed by atoms with Crippen molar-refractivity contribution in [1.82, 2.24) is 10.4 Å². The molecule has 0 saturated heterocycles. The third-order valence-corrected chi connectivity index (χ3v) is 4.76. The minimum Gasteiger partial charge on any atom is -0.485 e. The predicted molar refractivity (Wildman–Crippen MR) is 109 cm³/mol. The van der Waals surface area contributed by atoms with E-state index in [1.54, 1.807) is 6.21 Å². The molecule has 144 valence electrons. The van der Waals surface area contributed by atoms with Crippen LogP contribution in [0.2, 0.25) is 0 Å². The number of H-pyrrole nitrogens is 1. The fourth-order valence-corrected chi connectivity index (χ4v) is 3.11. The summed E-state index contributed by atoms with van der Waals surface area (Å²) in [4.78, 5) is 15.6. The summed E-state index contributed by atoms with van der Waals surface area (Å²) < 4.78 is 11.6. The second-order valence-electron chi connectivity index (χ2n) is 7.85. The zero-order valence-corrected chi connectivity index (χ0v) is 16.2. The minimum atomic E-state index is -0.747. The van der Waals surface area contributed by atoms with Gasteiger partial charge in [0.1, 0.15) is 6.61 Å². The number of aromatic nitrogens is 1. The summed E-state index contributed by atoms with van der Waals surface area (Å²) in [5, 5.41) is 5.11. The molecule has 1 aromatic heterocycles. The van der Waals surface area contributed by atoms with Crippen LogP contribution in [0.25, 0.3) is 10.9 Å². The van der Waals surface area contributed by atoms with Crippen LogP contribution in [0.15, 0.2) is 53.8 Å². The summed E-state index contributed by atoms with van der Waals surface area (Å²) in [5.41, 5.74) is 5.56. The van der Waals surface area contributed by atoms with E-state index in [9.17, 15) is 4.79 Å². The van der Waals surface area contributed by atoms with Crippen molar-refractivity contribution in [3.05, 3.63) is 59.8 Å². The molecule has 1 atom stereocenters. The molecule has 28 heavy (non-hydrogen) atoms. The van der Waals surface area contributed by atoms with Crippen LogP contribution < -0.4 is 14.9 Å². The second-order valence-corrected chi connectivity index (χ2v) is 7.85. The van der Waals surface area contributed by atoms with Gasteiger partial charge in [-0.1, -0.05) is 45.0 Å². The Kier molecular flexibility index (Phi) is 4.55. The molecule has 2 aromatic carbocycles. The quantitative estimate of drug-likeness (QED) is 0.539. The lowest BCUT2D eigenvalue weighted by molar-refractivity contribution is -0.130. The highest BCUT2D eigenvalue weighted by Gasteiger charge is 2.28. The van der Waals surface area contributed by atoms with Crippen molar-refractivity contribution in [2.24, 2.45) is 5.10 Å². The maximum absolute atomic E-state index is 12.4. The fraction of sp³-hybridized carbons (Fsp3) is 0.273. The maximum Gasteiger partial charge on any atom is 0.284 e. The molecule has 0 saturated carbocycles. The van der Waals surface area contributed by atoms with E-state index >= 15 is 0 Å². The largest absolute Gasteiger partial charge is 0.485 e. The van der Waals surface area contributed by atoms with Gasteiger partial charge in [-0.25, -0.2) is 5.43 Å². The van der Waals surface area contributed by atoms with Gasteiger partial charge in [0, 0.05) is 22.7 Å².